The number of hydrogen-bond acceptors (Lipinski definition) is 3. The monoisotopic (exact) mass is 264 g/mol. The average Bonchev–Trinajstić information content (AvgIpc) is 2.76. The van der Waals surface area contributed by atoms with Crippen molar-refractivity contribution in [1.29, 1.82) is 0 Å². The Morgan fingerprint density at radius 2 is 2.32 bits per heavy atom. The lowest BCUT2D eigenvalue weighted by molar-refractivity contribution is -0.118. The van der Waals surface area contributed by atoms with Crippen molar-refractivity contribution in [3.63, 3.8) is 0 Å². The summed E-state index contributed by atoms with van der Waals surface area (Å²) in [6.07, 6.45) is 5.78. The van der Waals surface area contributed by atoms with Gasteiger partial charge in [0.1, 0.15) is 0 Å². The quantitative estimate of drug-likeness (QED) is 0.806. The Kier molecular flexibility index (Phi) is 4.58. The first kappa shape index (κ1) is 14.1. The van der Waals surface area contributed by atoms with Crippen LogP contribution in [0, 0.1) is 0 Å². The second-order valence-corrected chi connectivity index (χ2v) is 5.27. The molecule has 1 aliphatic rings. The maximum Gasteiger partial charge on any atom is 0.219 e. The van der Waals surface area contributed by atoms with Gasteiger partial charge in [-0.05, 0) is 50.1 Å². The van der Waals surface area contributed by atoms with Gasteiger partial charge in [-0.3, -0.25) is 9.48 Å². The van der Waals surface area contributed by atoms with E-state index in [2.05, 4.69) is 12.0 Å². The van der Waals surface area contributed by atoms with Crippen LogP contribution >= 0.6 is 0 Å². The Morgan fingerprint density at radius 3 is 2.95 bits per heavy atom. The molecular weight excluding hydrogens is 240 g/mol. The second kappa shape index (κ2) is 6.19. The van der Waals surface area contributed by atoms with Gasteiger partial charge in [-0.2, -0.15) is 5.10 Å². The van der Waals surface area contributed by atoms with Crippen LogP contribution in [-0.2, 0) is 24.2 Å². The number of hydrogen-bond donors (Lipinski definition) is 2. The summed E-state index contributed by atoms with van der Waals surface area (Å²) in [6.45, 7) is 3.46. The van der Waals surface area contributed by atoms with Crippen molar-refractivity contribution in [2.45, 2.75) is 57.9 Å². The summed E-state index contributed by atoms with van der Waals surface area (Å²) in [5.41, 5.74) is 14.9. The third-order valence-electron chi connectivity index (χ3n) is 3.97. The number of fused-ring (bicyclic) bond motifs is 1. The summed E-state index contributed by atoms with van der Waals surface area (Å²) >= 11 is 0. The molecular formula is C14H24N4O. The highest BCUT2D eigenvalue weighted by molar-refractivity contribution is 5.73. The smallest absolute Gasteiger partial charge is 0.219 e. The Balaban J connectivity index is 2.29. The predicted molar refractivity (Wildman–Crippen MR) is 74.8 cm³/mol. The van der Waals surface area contributed by atoms with E-state index in [0.717, 1.165) is 25.8 Å². The minimum absolute atomic E-state index is 0.267. The summed E-state index contributed by atoms with van der Waals surface area (Å²) in [5.74, 6) is 0.280. The van der Waals surface area contributed by atoms with Crippen molar-refractivity contribution in [2.24, 2.45) is 11.5 Å². The van der Waals surface area contributed by atoms with E-state index in [1.54, 1.807) is 0 Å². The maximum atomic E-state index is 10.9. The summed E-state index contributed by atoms with van der Waals surface area (Å²) in [7, 11) is 0. The van der Waals surface area contributed by atoms with Gasteiger partial charge in [0.2, 0.25) is 5.91 Å². The van der Waals surface area contributed by atoms with Gasteiger partial charge in [0.05, 0.1) is 5.69 Å². The molecule has 1 amide bonds. The van der Waals surface area contributed by atoms with E-state index in [4.69, 9.17) is 11.5 Å². The van der Waals surface area contributed by atoms with Crippen LogP contribution in [-0.4, -0.2) is 22.2 Å². The van der Waals surface area contributed by atoms with Gasteiger partial charge in [-0.1, -0.05) is 6.92 Å². The molecule has 0 saturated carbocycles. The van der Waals surface area contributed by atoms with Crippen LogP contribution in [0.1, 0.15) is 55.5 Å². The van der Waals surface area contributed by atoms with Crippen molar-refractivity contribution < 1.29 is 4.79 Å². The molecule has 1 unspecified atom stereocenters. The van der Waals surface area contributed by atoms with E-state index in [-0.39, 0.29) is 5.91 Å². The molecule has 19 heavy (non-hydrogen) atoms. The second-order valence-electron chi connectivity index (χ2n) is 5.27. The van der Waals surface area contributed by atoms with Crippen molar-refractivity contribution in [1.82, 2.24) is 9.78 Å². The molecule has 0 saturated heterocycles. The molecule has 1 aromatic heterocycles. The number of nitrogens with two attached hydrogens (primary N) is 2. The fourth-order valence-corrected chi connectivity index (χ4v) is 3.11. The van der Waals surface area contributed by atoms with E-state index < -0.39 is 0 Å². The van der Waals surface area contributed by atoms with Crippen LogP contribution in [0.25, 0.3) is 0 Å². The minimum atomic E-state index is -0.267. The third-order valence-corrected chi connectivity index (χ3v) is 3.97. The first-order chi connectivity index (χ1) is 9.17. The molecule has 1 aromatic rings. The van der Waals surface area contributed by atoms with Crippen LogP contribution in [0.3, 0.4) is 0 Å². The molecule has 1 heterocycles. The molecule has 5 heteroatoms. The number of carbonyl (C=O) groups is 1. The Labute approximate surface area is 114 Å². The molecule has 0 fully saturated rings. The Bertz CT molecular complexity index is 453. The van der Waals surface area contributed by atoms with Gasteiger partial charge in [0.25, 0.3) is 0 Å². The van der Waals surface area contributed by atoms with Crippen LogP contribution in [0.2, 0.25) is 0 Å². The number of aryl methyl sites for hydroxylation is 2. The lowest BCUT2D eigenvalue weighted by Gasteiger charge is -2.23. The third kappa shape index (κ3) is 2.97. The van der Waals surface area contributed by atoms with E-state index in [1.807, 2.05) is 4.68 Å². The molecule has 2 rings (SSSR count). The summed E-state index contributed by atoms with van der Waals surface area (Å²) in [4.78, 5) is 10.9. The zero-order chi connectivity index (χ0) is 13.8. The first-order valence-corrected chi connectivity index (χ1v) is 7.24. The highest BCUT2D eigenvalue weighted by Gasteiger charge is 2.27. The van der Waals surface area contributed by atoms with E-state index in [0.29, 0.717) is 18.9 Å². The lowest BCUT2D eigenvalue weighted by Crippen LogP contribution is -2.18. The normalized spacial score (nSPS) is 18.3. The largest absolute Gasteiger partial charge is 0.370 e. The number of aromatic nitrogens is 2. The van der Waals surface area contributed by atoms with E-state index >= 15 is 0 Å². The molecule has 5 nitrogen and oxygen atoms in total. The standard InChI is InChI=1S/C14H24N4O/c1-2-11-14-10(6-8-15)4-3-5-12(14)18(17-11)9-7-13(16)19/h10H,2-9,15H2,1H3,(H2,16,19). The van der Waals surface area contributed by atoms with Gasteiger partial charge in [0.15, 0.2) is 0 Å². The van der Waals surface area contributed by atoms with E-state index in [1.165, 1.54) is 29.8 Å². The Hall–Kier alpha value is -1.36. The Morgan fingerprint density at radius 1 is 1.53 bits per heavy atom. The molecule has 0 radical (unpaired) electrons. The molecule has 0 bridgehead atoms. The lowest BCUT2D eigenvalue weighted by atomic mass is 9.82. The van der Waals surface area contributed by atoms with Crippen molar-refractivity contribution in [3.8, 4) is 0 Å². The number of primary amides is 1. The first-order valence-electron chi connectivity index (χ1n) is 7.24. The highest BCUT2D eigenvalue weighted by atomic mass is 16.1. The van der Waals surface area contributed by atoms with Gasteiger partial charge in [-0.15, -0.1) is 0 Å². The number of nitrogens with zero attached hydrogens (tertiary/aromatic N) is 2. The highest BCUT2D eigenvalue weighted by Crippen LogP contribution is 2.36. The zero-order valence-electron chi connectivity index (χ0n) is 11.7. The van der Waals surface area contributed by atoms with Crippen molar-refractivity contribution >= 4 is 5.91 Å². The SMILES string of the molecule is CCc1nn(CCC(N)=O)c2c1C(CCN)CCC2. The van der Waals surface area contributed by atoms with Crippen LogP contribution < -0.4 is 11.5 Å². The molecule has 106 valence electrons. The van der Waals surface area contributed by atoms with Crippen LogP contribution in [0.5, 0.6) is 0 Å². The molecule has 4 N–H and O–H groups in total. The summed E-state index contributed by atoms with van der Waals surface area (Å²) < 4.78 is 2.00. The summed E-state index contributed by atoms with van der Waals surface area (Å²) in [5, 5.41) is 4.68. The van der Waals surface area contributed by atoms with Crippen molar-refractivity contribution in [3.05, 3.63) is 17.0 Å². The van der Waals surface area contributed by atoms with Gasteiger partial charge in [0, 0.05) is 18.7 Å². The number of amides is 1. The number of carbonyl (C=O) groups excluding carboxylic acids is 1. The average molecular weight is 264 g/mol. The topological polar surface area (TPSA) is 86.9 Å². The van der Waals surface area contributed by atoms with Gasteiger partial charge >= 0.3 is 0 Å². The molecule has 0 aliphatic heterocycles. The summed E-state index contributed by atoms with van der Waals surface area (Å²) in [6, 6.07) is 0. The molecule has 1 atom stereocenters. The maximum absolute atomic E-state index is 10.9. The van der Waals surface area contributed by atoms with Crippen molar-refractivity contribution in [2.75, 3.05) is 6.54 Å². The van der Waals surface area contributed by atoms with Gasteiger partial charge < -0.3 is 11.5 Å². The fraction of sp³-hybridized carbons (Fsp3) is 0.714. The zero-order valence-corrected chi connectivity index (χ0v) is 11.7. The molecule has 1 aliphatic carbocycles. The minimum Gasteiger partial charge on any atom is -0.370 e. The molecule has 0 spiro atoms. The van der Waals surface area contributed by atoms with Crippen LogP contribution in [0.15, 0.2) is 0 Å². The van der Waals surface area contributed by atoms with Crippen LogP contribution in [0.4, 0.5) is 0 Å². The predicted octanol–water partition coefficient (Wildman–Crippen LogP) is 1.09. The van der Waals surface area contributed by atoms with E-state index in [9.17, 15) is 4.79 Å². The van der Waals surface area contributed by atoms with Gasteiger partial charge in [-0.25, -0.2) is 0 Å². The number of rotatable bonds is 6. The fourth-order valence-electron chi connectivity index (χ4n) is 3.11. The molecule has 0 aromatic carbocycles.